The summed E-state index contributed by atoms with van der Waals surface area (Å²) in [5, 5.41) is 14.9. The normalized spacial score (nSPS) is 27.0. The fourth-order valence-corrected chi connectivity index (χ4v) is 2.88. The van der Waals surface area contributed by atoms with Gasteiger partial charge in [-0.1, -0.05) is 24.4 Å². The molecule has 0 spiro atoms. The average Bonchev–Trinajstić information content (AvgIpc) is 2.53. The van der Waals surface area contributed by atoms with E-state index in [1.165, 1.54) is 0 Å². The maximum atomic E-state index is 12.5. The van der Waals surface area contributed by atoms with Crippen molar-refractivity contribution < 1.29 is 19.5 Å². The van der Waals surface area contributed by atoms with E-state index in [4.69, 9.17) is 20.4 Å². The molecule has 20 heavy (non-hydrogen) atoms. The van der Waals surface area contributed by atoms with E-state index in [-0.39, 0.29) is 17.8 Å². The minimum Gasteiger partial charge on any atom is -0.409 e. The van der Waals surface area contributed by atoms with Crippen LogP contribution in [0.1, 0.15) is 32.1 Å². The molecule has 1 amide bonds. The molecule has 2 fully saturated rings. The summed E-state index contributed by atoms with van der Waals surface area (Å²) in [5.41, 5.74) is 4.90. The average molecular weight is 285 g/mol. The first kappa shape index (κ1) is 15.1. The third kappa shape index (κ3) is 3.21. The van der Waals surface area contributed by atoms with Crippen LogP contribution < -0.4 is 11.1 Å². The number of hydrogen-bond acceptors (Lipinski definition) is 5. The maximum absolute atomic E-state index is 12.5. The van der Waals surface area contributed by atoms with Crippen molar-refractivity contribution in [3.8, 4) is 0 Å². The van der Waals surface area contributed by atoms with Gasteiger partial charge in [0.2, 0.25) is 5.91 Å². The first-order valence-corrected chi connectivity index (χ1v) is 7.15. The van der Waals surface area contributed by atoms with Gasteiger partial charge >= 0.3 is 0 Å². The van der Waals surface area contributed by atoms with Gasteiger partial charge in [-0.05, 0) is 12.8 Å². The Hall–Kier alpha value is -1.34. The molecule has 1 saturated heterocycles. The second kappa shape index (κ2) is 6.90. The molecule has 2 rings (SSSR count). The number of hydrogen-bond donors (Lipinski definition) is 3. The van der Waals surface area contributed by atoms with E-state index in [9.17, 15) is 4.79 Å². The number of ether oxygens (including phenoxy) is 2. The smallest absolute Gasteiger partial charge is 0.234 e. The first-order valence-electron chi connectivity index (χ1n) is 7.15. The highest BCUT2D eigenvalue weighted by atomic mass is 16.6. The second-order valence-electron chi connectivity index (χ2n) is 5.41. The molecule has 0 aromatic heterocycles. The van der Waals surface area contributed by atoms with Crippen LogP contribution in [0.5, 0.6) is 0 Å². The summed E-state index contributed by atoms with van der Waals surface area (Å²) in [5.74, 6) is -0.169. The summed E-state index contributed by atoms with van der Waals surface area (Å²) < 4.78 is 10.8. The van der Waals surface area contributed by atoms with Crippen LogP contribution in [0.25, 0.3) is 0 Å². The van der Waals surface area contributed by atoms with Crippen LogP contribution in [-0.4, -0.2) is 49.4 Å². The zero-order valence-electron chi connectivity index (χ0n) is 11.6. The lowest BCUT2D eigenvalue weighted by Crippen LogP contribution is -2.53. The molecule has 1 heterocycles. The van der Waals surface area contributed by atoms with E-state index in [1.807, 2.05) is 0 Å². The van der Waals surface area contributed by atoms with E-state index in [0.29, 0.717) is 39.2 Å². The standard InChI is InChI=1S/C13H23N3O4/c14-11(16-18)13(4-2-1-3-5-13)12(17)15-8-10-9-19-6-7-20-10/h10,18H,1-9H2,(H2,14,16)(H,15,17). The van der Waals surface area contributed by atoms with Crippen LogP contribution >= 0.6 is 0 Å². The minimum absolute atomic E-state index is 0.00973. The van der Waals surface area contributed by atoms with Crippen LogP contribution in [0, 0.1) is 5.41 Å². The Kier molecular flexibility index (Phi) is 5.19. The molecule has 2 aliphatic rings. The Morgan fingerprint density at radius 3 is 2.70 bits per heavy atom. The number of nitrogens with one attached hydrogen (secondary N) is 1. The molecule has 0 bridgehead atoms. The van der Waals surface area contributed by atoms with Gasteiger partial charge in [0.15, 0.2) is 5.84 Å². The van der Waals surface area contributed by atoms with Gasteiger partial charge < -0.3 is 25.7 Å². The van der Waals surface area contributed by atoms with Gasteiger partial charge in [-0.25, -0.2) is 0 Å². The van der Waals surface area contributed by atoms with Crippen LogP contribution in [0.15, 0.2) is 5.16 Å². The van der Waals surface area contributed by atoms with Crippen LogP contribution in [0.2, 0.25) is 0 Å². The summed E-state index contributed by atoms with van der Waals surface area (Å²) in [6.07, 6.45) is 4.01. The number of carbonyl (C=O) groups is 1. The number of nitrogens with two attached hydrogens (primary N) is 1. The van der Waals surface area contributed by atoms with Gasteiger partial charge in [0.1, 0.15) is 5.41 Å². The largest absolute Gasteiger partial charge is 0.409 e. The number of nitrogens with zero attached hydrogens (tertiary/aromatic N) is 1. The zero-order valence-corrected chi connectivity index (χ0v) is 11.6. The fraction of sp³-hybridized carbons (Fsp3) is 0.846. The van der Waals surface area contributed by atoms with Crippen molar-refractivity contribution in [1.82, 2.24) is 5.32 Å². The maximum Gasteiger partial charge on any atom is 0.234 e. The molecule has 1 unspecified atom stereocenters. The van der Waals surface area contributed by atoms with Crippen molar-refractivity contribution in [3.63, 3.8) is 0 Å². The van der Waals surface area contributed by atoms with Crippen molar-refractivity contribution in [3.05, 3.63) is 0 Å². The molecule has 114 valence electrons. The molecule has 1 saturated carbocycles. The van der Waals surface area contributed by atoms with Crippen LogP contribution in [0.3, 0.4) is 0 Å². The first-order chi connectivity index (χ1) is 9.69. The number of amides is 1. The SMILES string of the molecule is NC(=NO)C1(C(=O)NCC2COCCO2)CCCCC1. The number of carbonyl (C=O) groups excluding carboxylic acids is 1. The van der Waals surface area contributed by atoms with Gasteiger partial charge in [-0.15, -0.1) is 0 Å². The van der Waals surface area contributed by atoms with Gasteiger partial charge in [-0.2, -0.15) is 0 Å². The third-order valence-corrected chi connectivity index (χ3v) is 4.12. The van der Waals surface area contributed by atoms with Gasteiger partial charge in [0.05, 0.1) is 25.9 Å². The molecular weight excluding hydrogens is 262 g/mol. The van der Waals surface area contributed by atoms with Gasteiger partial charge in [0, 0.05) is 6.54 Å². The van der Waals surface area contributed by atoms with E-state index < -0.39 is 5.41 Å². The van der Waals surface area contributed by atoms with Crippen molar-refractivity contribution in [2.45, 2.75) is 38.2 Å². The second-order valence-corrected chi connectivity index (χ2v) is 5.41. The van der Waals surface area contributed by atoms with E-state index in [0.717, 1.165) is 19.3 Å². The molecule has 1 aliphatic heterocycles. The molecule has 0 aromatic carbocycles. The summed E-state index contributed by atoms with van der Waals surface area (Å²) in [6, 6.07) is 0. The summed E-state index contributed by atoms with van der Waals surface area (Å²) in [6.45, 7) is 2.01. The molecular formula is C13H23N3O4. The predicted molar refractivity (Wildman–Crippen MR) is 72.5 cm³/mol. The Morgan fingerprint density at radius 2 is 2.10 bits per heavy atom. The Bertz CT molecular complexity index is 361. The van der Waals surface area contributed by atoms with Crippen molar-refractivity contribution in [2.24, 2.45) is 16.3 Å². The summed E-state index contributed by atoms with van der Waals surface area (Å²) in [4.78, 5) is 12.5. The quantitative estimate of drug-likeness (QED) is 0.296. The van der Waals surface area contributed by atoms with Crippen molar-refractivity contribution in [1.29, 1.82) is 0 Å². The lowest BCUT2D eigenvalue weighted by atomic mass is 9.72. The monoisotopic (exact) mass is 285 g/mol. The third-order valence-electron chi connectivity index (χ3n) is 4.12. The fourth-order valence-electron chi connectivity index (χ4n) is 2.88. The molecule has 7 heteroatoms. The number of rotatable bonds is 4. The minimum atomic E-state index is -0.872. The van der Waals surface area contributed by atoms with E-state index >= 15 is 0 Å². The summed E-state index contributed by atoms with van der Waals surface area (Å²) >= 11 is 0. The molecule has 7 nitrogen and oxygen atoms in total. The van der Waals surface area contributed by atoms with Crippen LogP contribution in [-0.2, 0) is 14.3 Å². The Morgan fingerprint density at radius 1 is 1.35 bits per heavy atom. The highest BCUT2D eigenvalue weighted by Crippen LogP contribution is 2.36. The molecule has 0 aromatic rings. The molecule has 1 atom stereocenters. The highest BCUT2D eigenvalue weighted by Gasteiger charge is 2.43. The number of oxime groups is 1. The van der Waals surface area contributed by atoms with Gasteiger partial charge in [0.25, 0.3) is 0 Å². The molecule has 0 radical (unpaired) electrons. The van der Waals surface area contributed by atoms with Crippen molar-refractivity contribution in [2.75, 3.05) is 26.4 Å². The van der Waals surface area contributed by atoms with Crippen LogP contribution in [0.4, 0.5) is 0 Å². The zero-order chi connectivity index (χ0) is 14.4. The molecule has 1 aliphatic carbocycles. The van der Waals surface area contributed by atoms with Crippen molar-refractivity contribution >= 4 is 11.7 Å². The van der Waals surface area contributed by atoms with E-state index in [2.05, 4.69) is 10.5 Å². The lowest BCUT2D eigenvalue weighted by Gasteiger charge is -2.35. The van der Waals surface area contributed by atoms with Gasteiger partial charge in [-0.3, -0.25) is 4.79 Å². The Balaban J connectivity index is 1.96. The highest BCUT2D eigenvalue weighted by molar-refractivity contribution is 6.06. The summed E-state index contributed by atoms with van der Waals surface area (Å²) in [7, 11) is 0. The topological polar surface area (TPSA) is 106 Å². The lowest BCUT2D eigenvalue weighted by molar-refractivity contribution is -0.131. The number of amidine groups is 1. The molecule has 4 N–H and O–H groups in total. The Labute approximate surface area is 118 Å². The van der Waals surface area contributed by atoms with E-state index in [1.54, 1.807) is 0 Å². The predicted octanol–water partition coefficient (Wildman–Crippen LogP) is 0.215.